The quantitative estimate of drug-likeness (QED) is 0.701. The van der Waals surface area contributed by atoms with Crippen LogP contribution in [-0.4, -0.2) is 33.2 Å². The fourth-order valence-electron chi connectivity index (χ4n) is 1.63. The molecule has 0 unspecified atom stereocenters. The number of nitrogens with two attached hydrogens (primary N) is 1. The Morgan fingerprint density at radius 2 is 2.00 bits per heavy atom. The van der Waals surface area contributed by atoms with Gasteiger partial charge in [0.1, 0.15) is 0 Å². The summed E-state index contributed by atoms with van der Waals surface area (Å²) >= 11 is 0. The maximum atomic E-state index is 10.9. The van der Waals surface area contributed by atoms with Crippen LogP contribution in [0.5, 0.6) is 11.5 Å². The van der Waals surface area contributed by atoms with E-state index in [1.807, 2.05) is 18.2 Å². The van der Waals surface area contributed by atoms with E-state index < -0.39 is 0 Å². The molecule has 0 bridgehead atoms. The Morgan fingerprint density at radius 3 is 2.61 bits per heavy atom. The van der Waals surface area contributed by atoms with Crippen molar-refractivity contribution in [1.29, 1.82) is 0 Å². The Morgan fingerprint density at radius 1 is 1.28 bits per heavy atom. The first-order valence-corrected chi connectivity index (χ1v) is 5.89. The fraction of sp³-hybridized carbons (Fsp3) is 0.462. The number of nitrogens with one attached hydrogen (secondary N) is 1. The Labute approximate surface area is 107 Å². The molecule has 1 aromatic rings. The largest absolute Gasteiger partial charge is 0.493 e. The van der Waals surface area contributed by atoms with Gasteiger partial charge in [0.25, 0.3) is 0 Å². The monoisotopic (exact) mass is 252 g/mol. The van der Waals surface area contributed by atoms with E-state index >= 15 is 0 Å². The molecule has 0 fully saturated rings. The number of aryl methyl sites for hydroxylation is 1. The van der Waals surface area contributed by atoms with Gasteiger partial charge in [0.2, 0.25) is 5.91 Å². The first-order valence-electron chi connectivity index (χ1n) is 5.89. The smallest absolute Gasteiger partial charge is 0.233 e. The highest BCUT2D eigenvalue weighted by Gasteiger charge is 2.04. The van der Waals surface area contributed by atoms with Crippen LogP contribution in [0.1, 0.15) is 12.0 Å². The highest BCUT2D eigenvalue weighted by molar-refractivity contribution is 5.77. The van der Waals surface area contributed by atoms with Gasteiger partial charge in [-0.25, -0.2) is 0 Å². The average molecular weight is 252 g/mol. The van der Waals surface area contributed by atoms with E-state index in [1.165, 1.54) is 0 Å². The molecule has 0 spiro atoms. The number of carbonyl (C=O) groups is 1. The third kappa shape index (κ3) is 4.25. The van der Waals surface area contributed by atoms with Gasteiger partial charge in [0.05, 0.1) is 20.8 Å². The van der Waals surface area contributed by atoms with E-state index in [0.717, 1.165) is 29.9 Å². The fourth-order valence-corrected chi connectivity index (χ4v) is 1.63. The topological polar surface area (TPSA) is 73.6 Å². The van der Waals surface area contributed by atoms with Crippen LogP contribution in [-0.2, 0) is 11.2 Å². The summed E-state index contributed by atoms with van der Waals surface area (Å²) in [4.78, 5) is 10.9. The first kappa shape index (κ1) is 14.3. The van der Waals surface area contributed by atoms with Gasteiger partial charge < -0.3 is 20.5 Å². The van der Waals surface area contributed by atoms with Crippen molar-refractivity contribution >= 4 is 5.91 Å². The van der Waals surface area contributed by atoms with Gasteiger partial charge in [-0.15, -0.1) is 0 Å². The van der Waals surface area contributed by atoms with E-state index in [1.54, 1.807) is 14.2 Å². The highest BCUT2D eigenvalue weighted by atomic mass is 16.5. The number of methoxy groups -OCH3 is 2. The SMILES string of the molecule is COc1ccc(CCCNC(=O)CN)cc1OC. The molecule has 100 valence electrons. The molecule has 0 atom stereocenters. The van der Waals surface area contributed by atoms with Gasteiger partial charge in [-0.2, -0.15) is 0 Å². The zero-order valence-corrected chi connectivity index (χ0v) is 10.9. The molecule has 0 saturated heterocycles. The molecule has 1 rings (SSSR count). The number of hydrogen-bond acceptors (Lipinski definition) is 4. The van der Waals surface area contributed by atoms with Crippen LogP contribution in [0.3, 0.4) is 0 Å². The van der Waals surface area contributed by atoms with Crippen LogP contribution in [0.4, 0.5) is 0 Å². The van der Waals surface area contributed by atoms with E-state index in [-0.39, 0.29) is 12.5 Å². The molecule has 0 aliphatic carbocycles. The van der Waals surface area contributed by atoms with Gasteiger partial charge in [0, 0.05) is 6.54 Å². The molecule has 3 N–H and O–H groups in total. The first-order chi connectivity index (χ1) is 8.71. The van der Waals surface area contributed by atoms with Gasteiger partial charge in [0.15, 0.2) is 11.5 Å². The van der Waals surface area contributed by atoms with E-state index in [9.17, 15) is 4.79 Å². The molecule has 0 saturated carbocycles. The third-order valence-corrected chi connectivity index (χ3v) is 2.60. The number of benzene rings is 1. The average Bonchev–Trinajstić information content (AvgIpc) is 2.42. The zero-order chi connectivity index (χ0) is 13.4. The molecule has 0 radical (unpaired) electrons. The van der Waals surface area contributed by atoms with Crippen molar-refractivity contribution in [3.05, 3.63) is 23.8 Å². The van der Waals surface area contributed by atoms with Crippen molar-refractivity contribution in [2.75, 3.05) is 27.3 Å². The van der Waals surface area contributed by atoms with Crippen LogP contribution < -0.4 is 20.5 Å². The lowest BCUT2D eigenvalue weighted by Crippen LogP contribution is -2.31. The van der Waals surface area contributed by atoms with Crippen LogP contribution >= 0.6 is 0 Å². The van der Waals surface area contributed by atoms with Crippen LogP contribution in [0.2, 0.25) is 0 Å². The molecule has 1 amide bonds. The number of rotatable bonds is 7. The molecule has 0 aliphatic heterocycles. The second-order valence-corrected chi connectivity index (χ2v) is 3.85. The minimum atomic E-state index is -0.123. The summed E-state index contributed by atoms with van der Waals surface area (Å²) in [5, 5.41) is 2.73. The summed E-state index contributed by atoms with van der Waals surface area (Å²) in [6, 6.07) is 5.82. The molecular weight excluding hydrogens is 232 g/mol. The number of hydrogen-bond donors (Lipinski definition) is 2. The second-order valence-electron chi connectivity index (χ2n) is 3.85. The Hall–Kier alpha value is -1.75. The van der Waals surface area contributed by atoms with E-state index in [2.05, 4.69) is 5.32 Å². The molecule has 0 aliphatic rings. The van der Waals surface area contributed by atoms with Crippen molar-refractivity contribution < 1.29 is 14.3 Å². The molecule has 5 heteroatoms. The van der Waals surface area contributed by atoms with Crippen molar-refractivity contribution in [2.45, 2.75) is 12.8 Å². The van der Waals surface area contributed by atoms with Crippen molar-refractivity contribution in [1.82, 2.24) is 5.32 Å². The summed E-state index contributed by atoms with van der Waals surface area (Å²) in [6.45, 7) is 0.667. The van der Waals surface area contributed by atoms with Gasteiger partial charge in [-0.05, 0) is 30.5 Å². The number of amides is 1. The van der Waals surface area contributed by atoms with Gasteiger partial charge in [-0.3, -0.25) is 4.79 Å². The molecule has 1 aromatic carbocycles. The maximum Gasteiger partial charge on any atom is 0.233 e. The normalized spacial score (nSPS) is 9.94. The zero-order valence-electron chi connectivity index (χ0n) is 10.9. The van der Waals surface area contributed by atoms with Crippen molar-refractivity contribution in [3.63, 3.8) is 0 Å². The lowest BCUT2D eigenvalue weighted by Gasteiger charge is -2.09. The minimum Gasteiger partial charge on any atom is -0.493 e. The predicted octanol–water partition coefficient (Wildman–Crippen LogP) is 0.711. The summed E-state index contributed by atoms with van der Waals surface area (Å²) in [5.41, 5.74) is 6.34. The van der Waals surface area contributed by atoms with Gasteiger partial charge in [-0.1, -0.05) is 6.07 Å². The van der Waals surface area contributed by atoms with Crippen LogP contribution in [0.25, 0.3) is 0 Å². The summed E-state index contributed by atoms with van der Waals surface area (Å²) in [7, 11) is 3.23. The summed E-state index contributed by atoms with van der Waals surface area (Å²) in [6.07, 6.45) is 1.73. The van der Waals surface area contributed by atoms with Crippen molar-refractivity contribution in [3.8, 4) is 11.5 Å². The Kier molecular flexibility index (Phi) is 6.00. The third-order valence-electron chi connectivity index (χ3n) is 2.60. The lowest BCUT2D eigenvalue weighted by atomic mass is 10.1. The molecule has 0 heterocycles. The summed E-state index contributed by atoms with van der Waals surface area (Å²) in [5.74, 6) is 1.32. The van der Waals surface area contributed by atoms with Crippen LogP contribution in [0.15, 0.2) is 18.2 Å². The number of ether oxygens (including phenoxy) is 2. The minimum absolute atomic E-state index is 0.0381. The molecule has 5 nitrogen and oxygen atoms in total. The van der Waals surface area contributed by atoms with Gasteiger partial charge >= 0.3 is 0 Å². The Bertz CT molecular complexity index is 394. The molecule has 0 aromatic heterocycles. The highest BCUT2D eigenvalue weighted by Crippen LogP contribution is 2.27. The summed E-state index contributed by atoms with van der Waals surface area (Å²) < 4.78 is 10.4. The standard InChI is InChI=1S/C13H20N2O3/c1-17-11-6-5-10(8-12(11)18-2)4-3-7-15-13(16)9-14/h5-6,8H,3-4,7,9,14H2,1-2H3,(H,15,16). The number of carbonyl (C=O) groups excluding carboxylic acids is 1. The van der Waals surface area contributed by atoms with Crippen molar-refractivity contribution in [2.24, 2.45) is 5.73 Å². The molecule has 18 heavy (non-hydrogen) atoms. The predicted molar refractivity (Wildman–Crippen MR) is 69.9 cm³/mol. The molecular formula is C13H20N2O3. The van der Waals surface area contributed by atoms with E-state index in [4.69, 9.17) is 15.2 Å². The van der Waals surface area contributed by atoms with E-state index in [0.29, 0.717) is 6.54 Å². The van der Waals surface area contributed by atoms with Crippen LogP contribution in [0, 0.1) is 0 Å². The Balaban J connectivity index is 2.45. The maximum absolute atomic E-state index is 10.9. The second kappa shape index (κ2) is 7.55. The lowest BCUT2D eigenvalue weighted by molar-refractivity contribution is -0.119.